The second-order valence-corrected chi connectivity index (χ2v) is 5.68. The number of rotatable bonds is 4. The number of morpholine rings is 1. The monoisotopic (exact) mass is 283 g/mol. The third kappa shape index (κ3) is 3.33. The summed E-state index contributed by atoms with van der Waals surface area (Å²) in [5.41, 5.74) is 0. The van der Waals surface area contributed by atoms with Crippen LogP contribution in [0.15, 0.2) is 17.5 Å². The van der Waals surface area contributed by atoms with Gasteiger partial charge in [-0.25, -0.2) is 4.79 Å². The van der Waals surface area contributed by atoms with Crippen LogP contribution >= 0.6 is 11.3 Å². The average molecular weight is 283 g/mol. The molecule has 2 heterocycles. The number of hydrogen-bond donors (Lipinski definition) is 1. The summed E-state index contributed by atoms with van der Waals surface area (Å²) in [5, 5.41) is 11.1. The van der Waals surface area contributed by atoms with E-state index in [0.717, 1.165) is 4.88 Å². The average Bonchev–Trinajstić information content (AvgIpc) is 2.90. The minimum atomic E-state index is -1.00. The number of carbonyl (C=O) groups is 2. The minimum absolute atomic E-state index is 0.0762. The van der Waals surface area contributed by atoms with E-state index in [1.807, 2.05) is 24.4 Å². The molecule has 0 aliphatic carbocycles. The molecule has 0 unspecified atom stereocenters. The highest BCUT2D eigenvalue weighted by Gasteiger charge is 2.34. The van der Waals surface area contributed by atoms with E-state index in [9.17, 15) is 9.59 Å². The van der Waals surface area contributed by atoms with Crippen molar-refractivity contribution >= 4 is 23.2 Å². The summed E-state index contributed by atoms with van der Waals surface area (Å²) in [6.45, 7) is 2.68. The summed E-state index contributed by atoms with van der Waals surface area (Å²) in [5.74, 6) is -1.32. The van der Waals surface area contributed by atoms with Crippen molar-refractivity contribution in [2.24, 2.45) is 5.92 Å². The minimum Gasteiger partial charge on any atom is -0.480 e. The number of carboxylic acids is 1. The number of thiophene rings is 1. The van der Waals surface area contributed by atoms with Gasteiger partial charge in [-0.05, 0) is 17.9 Å². The summed E-state index contributed by atoms with van der Waals surface area (Å²) in [4.78, 5) is 26.1. The first-order valence-electron chi connectivity index (χ1n) is 6.23. The molecule has 1 amide bonds. The van der Waals surface area contributed by atoms with Crippen LogP contribution < -0.4 is 0 Å². The number of carbonyl (C=O) groups excluding carboxylic acids is 1. The Kier molecular flexibility index (Phi) is 4.55. The molecule has 1 aliphatic heterocycles. The quantitative estimate of drug-likeness (QED) is 0.903. The molecule has 1 N–H and O–H groups in total. The lowest BCUT2D eigenvalue weighted by Crippen LogP contribution is -2.54. The second kappa shape index (κ2) is 6.16. The Bertz CT molecular complexity index is 446. The molecule has 2 rings (SSSR count). The fourth-order valence-corrected chi connectivity index (χ4v) is 3.01. The van der Waals surface area contributed by atoms with Crippen molar-refractivity contribution in [2.75, 3.05) is 19.8 Å². The fourth-order valence-electron chi connectivity index (χ4n) is 2.17. The van der Waals surface area contributed by atoms with Gasteiger partial charge in [-0.2, -0.15) is 0 Å². The number of hydrogen-bond acceptors (Lipinski definition) is 4. The SMILES string of the molecule is C[C@H](Cc1cccs1)C(=O)N1CCOC[C@@H]1C(=O)O. The van der Waals surface area contributed by atoms with E-state index >= 15 is 0 Å². The molecular weight excluding hydrogens is 266 g/mol. The van der Waals surface area contributed by atoms with Gasteiger partial charge in [0.15, 0.2) is 6.04 Å². The largest absolute Gasteiger partial charge is 0.480 e. The molecule has 104 valence electrons. The van der Waals surface area contributed by atoms with Crippen LogP contribution in [0, 0.1) is 5.92 Å². The van der Waals surface area contributed by atoms with Crippen molar-refractivity contribution < 1.29 is 19.4 Å². The number of nitrogens with zero attached hydrogens (tertiary/aromatic N) is 1. The van der Waals surface area contributed by atoms with Gasteiger partial charge in [-0.3, -0.25) is 4.79 Å². The number of carboxylic acid groups (broad SMARTS) is 1. The Morgan fingerprint density at radius 1 is 1.63 bits per heavy atom. The van der Waals surface area contributed by atoms with Crippen molar-refractivity contribution in [1.82, 2.24) is 4.90 Å². The Morgan fingerprint density at radius 3 is 3.05 bits per heavy atom. The number of aliphatic carboxylic acids is 1. The lowest BCUT2D eigenvalue weighted by Gasteiger charge is -2.34. The van der Waals surface area contributed by atoms with E-state index in [1.54, 1.807) is 11.3 Å². The van der Waals surface area contributed by atoms with Crippen molar-refractivity contribution in [3.63, 3.8) is 0 Å². The van der Waals surface area contributed by atoms with Gasteiger partial charge in [0.1, 0.15) is 0 Å². The standard InChI is InChI=1S/C13H17NO4S/c1-9(7-10-3-2-6-19-10)12(15)14-4-5-18-8-11(14)13(16)17/h2-3,6,9,11H,4-5,7-8H2,1H3,(H,16,17)/t9-,11-/m1/s1. The maximum Gasteiger partial charge on any atom is 0.328 e. The van der Waals surface area contributed by atoms with Crippen LogP contribution in [-0.4, -0.2) is 47.7 Å². The van der Waals surface area contributed by atoms with Crippen LogP contribution in [0.2, 0.25) is 0 Å². The molecule has 0 aromatic carbocycles. The maximum atomic E-state index is 12.4. The summed E-state index contributed by atoms with van der Waals surface area (Å²) in [6.07, 6.45) is 0.653. The Labute approximate surface area is 115 Å². The molecule has 1 saturated heterocycles. The Morgan fingerprint density at radius 2 is 2.42 bits per heavy atom. The number of amides is 1. The van der Waals surface area contributed by atoms with Crippen LogP contribution in [0.3, 0.4) is 0 Å². The maximum absolute atomic E-state index is 12.4. The lowest BCUT2D eigenvalue weighted by molar-refractivity contribution is -0.160. The molecule has 2 atom stereocenters. The van der Waals surface area contributed by atoms with Crippen LogP contribution in [0.25, 0.3) is 0 Å². The van der Waals surface area contributed by atoms with E-state index in [4.69, 9.17) is 9.84 Å². The van der Waals surface area contributed by atoms with Crippen LogP contribution in [-0.2, 0) is 20.7 Å². The van der Waals surface area contributed by atoms with Gasteiger partial charge in [0, 0.05) is 17.3 Å². The highest BCUT2D eigenvalue weighted by molar-refractivity contribution is 7.09. The van der Waals surface area contributed by atoms with Gasteiger partial charge in [0.25, 0.3) is 0 Å². The highest BCUT2D eigenvalue weighted by Crippen LogP contribution is 2.18. The smallest absolute Gasteiger partial charge is 0.328 e. The van der Waals surface area contributed by atoms with Crippen molar-refractivity contribution in [1.29, 1.82) is 0 Å². The summed E-state index contributed by atoms with van der Waals surface area (Å²) in [6, 6.07) is 3.08. The zero-order chi connectivity index (χ0) is 13.8. The van der Waals surface area contributed by atoms with E-state index in [1.165, 1.54) is 4.90 Å². The molecule has 0 bridgehead atoms. The first-order valence-corrected chi connectivity index (χ1v) is 7.11. The predicted molar refractivity (Wildman–Crippen MR) is 71.1 cm³/mol. The first kappa shape index (κ1) is 14.0. The summed E-state index contributed by atoms with van der Waals surface area (Å²) in [7, 11) is 0. The van der Waals surface area contributed by atoms with Gasteiger partial charge in [-0.1, -0.05) is 13.0 Å². The Hall–Kier alpha value is -1.40. The third-order valence-electron chi connectivity index (χ3n) is 3.21. The molecule has 1 aromatic rings. The topological polar surface area (TPSA) is 66.8 Å². The Balaban J connectivity index is 2.02. The molecule has 1 aromatic heterocycles. The van der Waals surface area contributed by atoms with Crippen LogP contribution in [0.1, 0.15) is 11.8 Å². The molecule has 1 fully saturated rings. The lowest BCUT2D eigenvalue weighted by atomic mass is 10.0. The second-order valence-electron chi connectivity index (χ2n) is 4.65. The van der Waals surface area contributed by atoms with Crippen molar-refractivity contribution in [3.8, 4) is 0 Å². The van der Waals surface area contributed by atoms with Gasteiger partial charge in [-0.15, -0.1) is 11.3 Å². The third-order valence-corrected chi connectivity index (χ3v) is 4.10. The van der Waals surface area contributed by atoms with E-state index in [-0.39, 0.29) is 18.4 Å². The summed E-state index contributed by atoms with van der Waals surface area (Å²) < 4.78 is 5.14. The van der Waals surface area contributed by atoms with Crippen molar-refractivity contribution in [3.05, 3.63) is 22.4 Å². The first-order chi connectivity index (χ1) is 9.09. The van der Waals surface area contributed by atoms with Crippen molar-refractivity contribution in [2.45, 2.75) is 19.4 Å². The molecule has 5 nitrogen and oxygen atoms in total. The fraction of sp³-hybridized carbons (Fsp3) is 0.538. The summed E-state index contributed by atoms with van der Waals surface area (Å²) >= 11 is 1.61. The molecule has 0 radical (unpaired) electrons. The molecule has 1 aliphatic rings. The van der Waals surface area contributed by atoms with E-state index in [2.05, 4.69) is 0 Å². The highest BCUT2D eigenvalue weighted by atomic mass is 32.1. The zero-order valence-electron chi connectivity index (χ0n) is 10.7. The molecule has 0 spiro atoms. The van der Waals surface area contributed by atoms with Gasteiger partial charge in [0.05, 0.1) is 13.2 Å². The van der Waals surface area contributed by atoms with E-state index in [0.29, 0.717) is 19.6 Å². The number of ether oxygens (including phenoxy) is 1. The molecule has 6 heteroatoms. The van der Waals surface area contributed by atoms with Crippen LogP contribution in [0.4, 0.5) is 0 Å². The predicted octanol–water partition coefficient (Wildman–Crippen LogP) is 1.24. The van der Waals surface area contributed by atoms with Crippen LogP contribution in [0.5, 0.6) is 0 Å². The van der Waals surface area contributed by atoms with Gasteiger partial charge in [0.2, 0.25) is 5.91 Å². The van der Waals surface area contributed by atoms with Gasteiger partial charge >= 0.3 is 5.97 Å². The van der Waals surface area contributed by atoms with Gasteiger partial charge < -0.3 is 14.7 Å². The molecular formula is C13H17NO4S. The molecule has 0 saturated carbocycles. The zero-order valence-corrected chi connectivity index (χ0v) is 11.6. The normalized spacial score (nSPS) is 21.1. The van der Waals surface area contributed by atoms with E-state index < -0.39 is 12.0 Å². The molecule has 19 heavy (non-hydrogen) atoms.